The summed E-state index contributed by atoms with van der Waals surface area (Å²) < 4.78 is 30.7. The average molecular weight is 1210 g/mol. The second-order valence-electron chi connectivity index (χ2n) is 22.0. The minimum atomic E-state index is -1.67. The molecule has 2 aromatic carbocycles. The van der Waals surface area contributed by atoms with Crippen LogP contribution in [-0.2, 0) is 38.2 Å². The Balaban J connectivity index is 0.937. The maximum Gasteiger partial charge on any atom is 0.317 e. The summed E-state index contributed by atoms with van der Waals surface area (Å²) in [4.78, 5) is 102. The second-order valence-corrected chi connectivity index (χ2v) is 22.0. The van der Waals surface area contributed by atoms with Crippen LogP contribution in [0.5, 0.6) is 5.75 Å². The van der Waals surface area contributed by atoms with E-state index in [-0.39, 0.29) is 83.9 Å². The molecule has 0 radical (unpaired) electrons. The van der Waals surface area contributed by atoms with E-state index in [0.29, 0.717) is 113 Å². The number of alkyl halides is 1. The number of rotatable bonds is 32. The second kappa shape index (κ2) is 36.6. The molecule has 6 N–H and O–H groups in total. The fourth-order valence-electron chi connectivity index (χ4n) is 10.3. The van der Waals surface area contributed by atoms with Crippen molar-refractivity contribution in [1.29, 1.82) is 5.26 Å². The summed E-state index contributed by atoms with van der Waals surface area (Å²) in [5.74, 6) is -1.32. The molecule has 6 rings (SSSR count). The van der Waals surface area contributed by atoms with E-state index in [2.05, 4.69) is 47.2 Å². The first kappa shape index (κ1) is 67.7. The largest absolute Gasteiger partial charge is 0.494 e. The van der Waals surface area contributed by atoms with Crippen molar-refractivity contribution in [2.24, 2.45) is 21.2 Å². The van der Waals surface area contributed by atoms with Gasteiger partial charge in [-0.05, 0) is 75.3 Å². The van der Waals surface area contributed by atoms with E-state index in [0.717, 1.165) is 43.2 Å². The zero-order valence-electron chi connectivity index (χ0n) is 49.7. The molecule has 4 amide bonds. The number of pyridine rings is 1. The van der Waals surface area contributed by atoms with Crippen molar-refractivity contribution in [3.8, 4) is 11.8 Å². The number of nitriles is 1. The summed E-state index contributed by atoms with van der Waals surface area (Å²) in [7, 11) is 0. The predicted octanol–water partition coefficient (Wildman–Crippen LogP) is 1.48. The molecule has 3 aliphatic heterocycles. The zero-order chi connectivity index (χ0) is 62.2. The Morgan fingerprint density at radius 1 is 0.839 bits per heavy atom. The van der Waals surface area contributed by atoms with Gasteiger partial charge in [0.15, 0.2) is 0 Å². The Morgan fingerprint density at radius 2 is 1.51 bits per heavy atom. The number of carbonyl (C=O) groups is 7. The van der Waals surface area contributed by atoms with Crippen LogP contribution in [0.25, 0.3) is 10.9 Å². The number of aromatic nitrogens is 1. The van der Waals surface area contributed by atoms with Crippen LogP contribution >= 0.6 is 0 Å². The number of likely N-dealkylation sites (tertiary alicyclic amines) is 2. The normalized spacial score (nSPS) is 19.2. The lowest BCUT2D eigenvalue weighted by atomic mass is 9.91. The first-order chi connectivity index (χ1) is 42.1. The summed E-state index contributed by atoms with van der Waals surface area (Å²) >= 11 is 0. The highest BCUT2D eigenvalue weighted by molar-refractivity contribution is 6.07. The van der Waals surface area contributed by atoms with Gasteiger partial charge in [-0.15, -0.1) is 0 Å². The SMILES string of the molecule is Cc1ccc(/C=N/NCN/N=C/C[C@@H](/C=N\NCCC(=O)N2CCC(CCCCOc3ccc4nccc(C(=O)NCC(=O)N5CC(C)(F)C[C@@H]5C#N)c4c3)CC2)NC(=O)CN2CCN(COC=O)CCN(COC=O)CCN(CC(=O)O)CC2)cc1. The van der Waals surface area contributed by atoms with Gasteiger partial charge in [-0.25, -0.2) is 4.39 Å². The maximum atomic E-state index is 14.6. The first-order valence-electron chi connectivity index (χ1n) is 29.4. The molecular formula is C59H83FN16O11. The van der Waals surface area contributed by atoms with Crippen LogP contribution in [0.4, 0.5) is 4.39 Å². The fraction of sp³-hybridized carbons (Fsp3) is 0.559. The summed E-state index contributed by atoms with van der Waals surface area (Å²) in [5.41, 5.74) is 10.0. The molecule has 472 valence electrons. The molecule has 87 heavy (non-hydrogen) atoms. The van der Waals surface area contributed by atoms with E-state index in [1.165, 1.54) is 18.0 Å². The number of nitrogens with zero attached hydrogens (tertiary/aromatic N) is 11. The molecule has 0 spiro atoms. The number of carboxylic acid groups (broad SMARTS) is 1. The van der Waals surface area contributed by atoms with Gasteiger partial charge in [0, 0.05) is 115 Å². The van der Waals surface area contributed by atoms with Crippen LogP contribution < -0.4 is 31.6 Å². The number of fused-ring (bicyclic) bond motifs is 1. The number of aliphatic carboxylic acids is 1. The van der Waals surface area contributed by atoms with E-state index in [1.807, 2.05) is 56.9 Å². The van der Waals surface area contributed by atoms with Gasteiger partial charge >= 0.3 is 5.97 Å². The van der Waals surface area contributed by atoms with Crippen LogP contribution in [0, 0.1) is 24.2 Å². The number of amides is 4. The fourth-order valence-corrected chi connectivity index (χ4v) is 10.3. The van der Waals surface area contributed by atoms with E-state index >= 15 is 0 Å². The van der Waals surface area contributed by atoms with Gasteiger partial charge in [-0.1, -0.05) is 36.2 Å². The number of aryl methyl sites for hydroxylation is 1. The van der Waals surface area contributed by atoms with Crippen LogP contribution in [0.15, 0.2) is 70.0 Å². The molecule has 0 saturated carbocycles. The standard InChI is InChI=1S/C59H83FN16O11/c1-45-6-8-47(9-7-45)34-66-69-40-68-65-18-12-48(70-54(79)37-71-22-23-72(38-57(82)83)25-27-74(42-86-44-78)29-28-73(26-24-71)41-85-43-77)35-67-64-19-14-55(80)75-20-15-46(16-21-75)5-3-4-30-87-50-10-11-53-52(31-50)51(13-17-62-53)58(84)63-36-56(81)76-39-59(2,60)32-49(76)33-61/h6-11,13,17-18,31,34-35,43-44,46,48-49,64,68-69H,3-5,12,14-16,19-30,32,36-42H2,1-2H3,(H,63,84)(H,70,79)(H,82,83)/b65-18+,66-34+,67-35-/t48-,49+,59?/m0/s1. The van der Waals surface area contributed by atoms with Crippen LogP contribution in [0.2, 0.25) is 0 Å². The minimum Gasteiger partial charge on any atom is -0.494 e. The number of carbonyl (C=O) groups excluding carboxylic acids is 6. The lowest BCUT2D eigenvalue weighted by molar-refractivity contribution is -0.139. The smallest absolute Gasteiger partial charge is 0.317 e. The molecule has 3 aliphatic rings. The van der Waals surface area contributed by atoms with Crippen LogP contribution in [-0.4, -0.2) is 243 Å². The Hall–Kier alpha value is -8.39. The number of ether oxygens (including phenoxy) is 3. The summed E-state index contributed by atoms with van der Waals surface area (Å²) in [6.45, 7) is 8.55. The molecule has 3 fully saturated rings. The van der Waals surface area contributed by atoms with E-state index in [4.69, 9.17) is 14.2 Å². The van der Waals surface area contributed by atoms with Gasteiger partial charge in [0.1, 0.15) is 37.6 Å². The summed E-state index contributed by atoms with van der Waals surface area (Å²) in [6, 6.07) is 15.2. The number of carboxylic acids is 1. The number of unbranched alkanes of at least 4 members (excludes halogenated alkanes) is 1. The number of hydrogen-bond acceptors (Lipinski definition) is 22. The van der Waals surface area contributed by atoms with Crippen LogP contribution in [0.3, 0.4) is 0 Å². The minimum absolute atomic E-state index is 0.00446. The summed E-state index contributed by atoms with van der Waals surface area (Å²) in [6.07, 6.45) is 11.2. The topological polar surface area (TPSA) is 321 Å². The Bertz CT molecular complexity index is 2830. The number of piperidine rings is 1. The van der Waals surface area contributed by atoms with Crippen molar-refractivity contribution in [3.63, 3.8) is 0 Å². The molecule has 3 aromatic rings. The molecule has 0 aliphatic carbocycles. The number of hydrogen-bond donors (Lipinski definition) is 6. The molecule has 28 heteroatoms. The lowest BCUT2D eigenvalue weighted by Crippen LogP contribution is -2.50. The molecule has 4 heterocycles. The predicted molar refractivity (Wildman–Crippen MR) is 322 cm³/mol. The van der Waals surface area contributed by atoms with Gasteiger partial charge in [0.05, 0.1) is 62.2 Å². The van der Waals surface area contributed by atoms with Gasteiger partial charge in [-0.3, -0.25) is 69.0 Å². The van der Waals surface area contributed by atoms with E-state index in [1.54, 1.807) is 47.8 Å². The maximum absolute atomic E-state index is 14.6. The molecule has 3 saturated heterocycles. The highest BCUT2D eigenvalue weighted by atomic mass is 19.1. The highest BCUT2D eigenvalue weighted by Crippen LogP contribution is 2.30. The van der Waals surface area contributed by atoms with Gasteiger partial charge in [0.25, 0.3) is 18.9 Å². The number of benzene rings is 2. The van der Waals surface area contributed by atoms with Crippen molar-refractivity contribution < 1.29 is 57.3 Å². The first-order valence-corrected chi connectivity index (χ1v) is 29.4. The van der Waals surface area contributed by atoms with Crippen molar-refractivity contribution >= 4 is 72.1 Å². The van der Waals surface area contributed by atoms with Crippen molar-refractivity contribution in [2.75, 3.05) is 125 Å². The third-order valence-electron chi connectivity index (χ3n) is 15.1. The van der Waals surface area contributed by atoms with Gasteiger partial charge < -0.3 is 45.2 Å². The quantitative estimate of drug-likeness (QED) is 0.0170. The summed E-state index contributed by atoms with van der Waals surface area (Å²) in [5, 5.41) is 38.1. The Kier molecular flexibility index (Phi) is 28.5. The van der Waals surface area contributed by atoms with Gasteiger partial charge in [0.2, 0.25) is 17.7 Å². The van der Waals surface area contributed by atoms with Crippen molar-refractivity contribution in [2.45, 2.75) is 83.0 Å². The third kappa shape index (κ3) is 24.5. The molecule has 0 bridgehead atoms. The van der Waals surface area contributed by atoms with Crippen molar-refractivity contribution in [3.05, 3.63) is 71.4 Å². The number of nitrogens with one attached hydrogen (secondary N) is 5. The van der Waals surface area contributed by atoms with Crippen LogP contribution in [0.1, 0.15) is 79.8 Å². The molecule has 27 nitrogen and oxygen atoms in total. The zero-order valence-corrected chi connectivity index (χ0v) is 49.7. The Labute approximate surface area is 506 Å². The lowest BCUT2D eigenvalue weighted by Gasteiger charge is -2.33. The average Bonchev–Trinajstić information content (AvgIpc) is 2.24. The highest BCUT2D eigenvalue weighted by Gasteiger charge is 2.43. The monoisotopic (exact) mass is 1210 g/mol. The molecule has 3 atom stereocenters. The van der Waals surface area contributed by atoms with Gasteiger partial charge in [-0.2, -0.15) is 20.6 Å². The Morgan fingerprint density at radius 3 is 2.17 bits per heavy atom. The molecule has 1 aromatic heterocycles. The van der Waals surface area contributed by atoms with Crippen molar-refractivity contribution in [1.82, 2.24) is 61.3 Å². The number of hydrazone groups is 3. The molecule has 1 unspecified atom stereocenters. The number of halogens is 1. The van der Waals surface area contributed by atoms with E-state index < -0.39 is 35.5 Å². The van der Waals surface area contributed by atoms with E-state index in [9.17, 15) is 48.3 Å². The third-order valence-corrected chi connectivity index (χ3v) is 15.1. The molecular weight excluding hydrogens is 1130 g/mol.